The van der Waals surface area contributed by atoms with Crippen LogP contribution in [0.15, 0.2) is 18.2 Å². The van der Waals surface area contributed by atoms with Crippen LogP contribution >= 0.6 is 22.6 Å². The summed E-state index contributed by atoms with van der Waals surface area (Å²) in [6, 6.07) is 7.27. The summed E-state index contributed by atoms with van der Waals surface area (Å²) in [4.78, 5) is 14.0. The second-order valence-corrected chi connectivity index (χ2v) is 6.29. The number of nitriles is 1. The van der Waals surface area contributed by atoms with Gasteiger partial charge in [-0.15, -0.1) is 0 Å². The van der Waals surface area contributed by atoms with Crippen LogP contribution in [0.2, 0.25) is 0 Å². The van der Waals surface area contributed by atoms with E-state index in [4.69, 9.17) is 5.26 Å². The minimum atomic E-state index is -0.314. The lowest BCUT2D eigenvalue weighted by atomic mass is 9.82. The quantitative estimate of drug-likeness (QED) is 0.774. The van der Waals surface area contributed by atoms with E-state index in [0.29, 0.717) is 31.5 Å². The number of carbonyl (C=O) groups excluding carboxylic acids is 1. The SMILES string of the molecule is CC1(C#N)CCN(C(=O)c2ccc(I)c(O)c2)CC1. The van der Waals surface area contributed by atoms with Crippen molar-refractivity contribution < 1.29 is 9.90 Å². The van der Waals surface area contributed by atoms with Gasteiger partial charge in [0.25, 0.3) is 5.91 Å². The summed E-state index contributed by atoms with van der Waals surface area (Å²) >= 11 is 2.02. The first-order valence-electron chi connectivity index (χ1n) is 6.14. The summed E-state index contributed by atoms with van der Waals surface area (Å²) in [5.74, 6) is 0.0528. The fraction of sp³-hybridized carbons (Fsp3) is 0.429. The van der Waals surface area contributed by atoms with E-state index < -0.39 is 0 Å². The molecule has 0 spiro atoms. The van der Waals surface area contributed by atoms with E-state index in [1.165, 1.54) is 6.07 Å². The van der Waals surface area contributed by atoms with Crippen molar-refractivity contribution in [2.75, 3.05) is 13.1 Å². The third-order valence-corrected chi connectivity index (χ3v) is 4.53. The number of halogens is 1. The van der Waals surface area contributed by atoms with Crippen molar-refractivity contribution in [1.82, 2.24) is 4.90 Å². The van der Waals surface area contributed by atoms with Gasteiger partial charge in [-0.3, -0.25) is 4.79 Å². The Bertz CT molecular complexity index is 543. The van der Waals surface area contributed by atoms with Crippen molar-refractivity contribution in [3.63, 3.8) is 0 Å². The van der Waals surface area contributed by atoms with Crippen LogP contribution in [0, 0.1) is 20.3 Å². The Morgan fingerprint density at radius 2 is 2.11 bits per heavy atom. The molecule has 0 aliphatic carbocycles. The molecule has 4 nitrogen and oxygen atoms in total. The number of phenols is 1. The summed E-state index contributed by atoms with van der Waals surface area (Å²) in [6.07, 6.45) is 1.40. The minimum Gasteiger partial charge on any atom is -0.507 e. The van der Waals surface area contributed by atoms with E-state index in [-0.39, 0.29) is 17.1 Å². The second kappa shape index (κ2) is 5.37. The Morgan fingerprint density at radius 1 is 1.47 bits per heavy atom. The molecule has 1 aliphatic rings. The molecule has 100 valence electrons. The lowest BCUT2D eigenvalue weighted by Crippen LogP contribution is -2.41. The Balaban J connectivity index is 2.10. The highest BCUT2D eigenvalue weighted by molar-refractivity contribution is 14.1. The van der Waals surface area contributed by atoms with Gasteiger partial charge in [0.15, 0.2) is 0 Å². The Labute approximate surface area is 126 Å². The average molecular weight is 370 g/mol. The van der Waals surface area contributed by atoms with Gasteiger partial charge in [0.2, 0.25) is 0 Å². The summed E-state index contributed by atoms with van der Waals surface area (Å²) in [6.45, 7) is 3.12. The molecule has 0 radical (unpaired) electrons. The molecule has 2 rings (SSSR count). The maximum absolute atomic E-state index is 12.3. The van der Waals surface area contributed by atoms with E-state index >= 15 is 0 Å². The normalized spacial score (nSPS) is 17.8. The zero-order valence-electron chi connectivity index (χ0n) is 10.7. The molecule has 1 N–H and O–H groups in total. The van der Waals surface area contributed by atoms with Crippen molar-refractivity contribution in [1.29, 1.82) is 5.26 Å². The van der Waals surface area contributed by atoms with Crippen LogP contribution in [-0.4, -0.2) is 29.0 Å². The molecule has 1 heterocycles. The average Bonchev–Trinajstić information content (AvgIpc) is 2.42. The number of amides is 1. The van der Waals surface area contributed by atoms with Gasteiger partial charge in [-0.2, -0.15) is 5.26 Å². The van der Waals surface area contributed by atoms with Crippen LogP contribution in [0.5, 0.6) is 5.75 Å². The Kier molecular flexibility index (Phi) is 3.99. The molecular weight excluding hydrogens is 355 g/mol. The monoisotopic (exact) mass is 370 g/mol. The summed E-state index contributed by atoms with van der Waals surface area (Å²) in [5, 5.41) is 18.7. The lowest BCUT2D eigenvalue weighted by molar-refractivity contribution is 0.0661. The van der Waals surface area contributed by atoms with Crippen LogP contribution < -0.4 is 0 Å². The Morgan fingerprint density at radius 3 is 2.63 bits per heavy atom. The molecule has 5 heteroatoms. The molecule has 1 aliphatic heterocycles. The molecule has 1 saturated heterocycles. The number of hydrogen-bond acceptors (Lipinski definition) is 3. The standard InChI is InChI=1S/C14H15IN2O2/c1-14(9-16)4-6-17(7-5-14)13(19)10-2-3-11(15)12(18)8-10/h2-3,8,18H,4-7H2,1H3. The first-order chi connectivity index (χ1) is 8.95. The fourth-order valence-corrected chi connectivity index (χ4v) is 2.48. The number of phenolic OH excluding ortho intramolecular Hbond substituents is 1. The van der Waals surface area contributed by atoms with Gasteiger partial charge in [-0.05, 0) is 60.6 Å². The largest absolute Gasteiger partial charge is 0.507 e. The molecule has 1 fully saturated rings. The van der Waals surface area contributed by atoms with Crippen LogP contribution in [0.1, 0.15) is 30.1 Å². The maximum atomic E-state index is 12.3. The van der Waals surface area contributed by atoms with Gasteiger partial charge in [0.1, 0.15) is 5.75 Å². The van der Waals surface area contributed by atoms with Gasteiger partial charge >= 0.3 is 0 Å². The maximum Gasteiger partial charge on any atom is 0.253 e. The number of piperidine rings is 1. The predicted octanol–water partition coefficient (Wildman–Crippen LogP) is 2.76. The van der Waals surface area contributed by atoms with E-state index in [0.717, 1.165) is 3.57 Å². The second-order valence-electron chi connectivity index (χ2n) is 5.13. The number of nitrogens with zero attached hydrogens (tertiary/aromatic N) is 2. The molecule has 1 aromatic rings. The van der Waals surface area contributed by atoms with Gasteiger partial charge in [-0.25, -0.2) is 0 Å². The molecular formula is C14H15IN2O2. The smallest absolute Gasteiger partial charge is 0.253 e. The van der Waals surface area contributed by atoms with Crippen molar-refractivity contribution in [3.05, 3.63) is 27.3 Å². The molecule has 0 aromatic heterocycles. The van der Waals surface area contributed by atoms with Gasteiger partial charge in [0.05, 0.1) is 15.1 Å². The summed E-state index contributed by atoms with van der Waals surface area (Å²) < 4.78 is 0.727. The predicted molar refractivity (Wildman–Crippen MR) is 79.7 cm³/mol. The van der Waals surface area contributed by atoms with Crippen LogP contribution in [0.3, 0.4) is 0 Å². The van der Waals surface area contributed by atoms with Crippen molar-refractivity contribution >= 4 is 28.5 Å². The summed E-state index contributed by atoms with van der Waals surface area (Å²) in [5.41, 5.74) is 0.184. The zero-order chi connectivity index (χ0) is 14.0. The highest BCUT2D eigenvalue weighted by Gasteiger charge is 2.32. The van der Waals surface area contributed by atoms with Crippen molar-refractivity contribution in [3.8, 4) is 11.8 Å². The van der Waals surface area contributed by atoms with E-state index in [1.54, 1.807) is 17.0 Å². The Hall–Kier alpha value is -1.29. The van der Waals surface area contributed by atoms with Crippen LogP contribution in [0.25, 0.3) is 0 Å². The number of aromatic hydroxyl groups is 1. The summed E-state index contributed by atoms with van der Waals surface area (Å²) in [7, 11) is 0. The third kappa shape index (κ3) is 3.00. The molecule has 0 bridgehead atoms. The topological polar surface area (TPSA) is 64.3 Å². The molecule has 0 unspecified atom stereocenters. The number of benzene rings is 1. The first-order valence-corrected chi connectivity index (χ1v) is 7.22. The molecule has 19 heavy (non-hydrogen) atoms. The van der Waals surface area contributed by atoms with E-state index in [9.17, 15) is 9.90 Å². The van der Waals surface area contributed by atoms with E-state index in [2.05, 4.69) is 6.07 Å². The molecule has 0 saturated carbocycles. The van der Waals surface area contributed by atoms with Crippen LogP contribution in [-0.2, 0) is 0 Å². The highest BCUT2D eigenvalue weighted by Crippen LogP contribution is 2.30. The number of carbonyl (C=O) groups is 1. The molecule has 1 aromatic carbocycles. The highest BCUT2D eigenvalue weighted by atomic mass is 127. The number of hydrogen-bond donors (Lipinski definition) is 1. The number of likely N-dealkylation sites (tertiary alicyclic amines) is 1. The van der Waals surface area contributed by atoms with Crippen molar-refractivity contribution in [2.24, 2.45) is 5.41 Å². The third-order valence-electron chi connectivity index (χ3n) is 3.62. The number of rotatable bonds is 1. The minimum absolute atomic E-state index is 0.0771. The van der Waals surface area contributed by atoms with Gasteiger partial charge in [-0.1, -0.05) is 0 Å². The van der Waals surface area contributed by atoms with E-state index in [1.807, 2.05) is 29.5 Å². The first kappa shape index (κ1) is 14.1. The lowest BCUT2D eigenvalue weighted by Gasteiger charge is -2.35. The van der Waals surface area contributed by atoms with Crippen molar-refractivity contribution in [2.45, 2.75) is 19.8 Å². The molecule has 0 atom stereocenters. The van der Waals surface area contributed by atoms with Gasteiger partial charge < -0.3 is 10.0 Å². The van der Waals surface area contributed by atoms with Crippen LogP contribution in [0.4, 0.5) is 0 Å². The zero-order valence-corrected chi connectivity index (χ0v) is 12.8. The van der Waals surface area contributed by atoms with Gasteiger partial charge in [0, 0.05) is 18.7 Å². The fourth-order valence-electron chi connectivity index (χ4n) is 2.14. The molecule has 1 amide bonds.